The molecule has 0 unspecified atom stereocenters. The van der Waals surface area contributed by atoms with Crippen molar-refractivity contribution in [2.75, 3.05) is 19.7 Å². The van der Waals surface area contributed by atoms with E-state index < -0.39 is 5.97 Å². The Balaban J connectivity index is -0.000000245. The molecule has 0 aliphatic rings. The Morgan fingerprint density at radius 2 is 2.11 bits per heavy atom. The molecule has 0 saturated heterocycles. The van der Waals surface area contributed by atoms with E-state index in [2.05, 4.69) is 4.74 Å². The number of carbonyl (C=O) groups is 1. The third-order valence-electron chi connectivity index (χ3n) is 0.548. The molecule has 0 spiro atoms. The molecule has 0 rings (SSSR count). The van der Waals surface area contributed by atoms with E-state index in [1.54, 1.807) is 0 Å². The van der Waals surface area contributed by atoms with Gasteiger partial charge in [-0.15, -0.1) is 0 Å². The molecule has 0 aliphatic carbocycles. The summed E-state index contributed by atoms with van der Waals surface area (Å²) in [6, 6.07) is 0. The molecule has 0 heterocycles. The summed E-state index contributed by atoms with van der Waals surface area (Å²) in [5.41, 5.74) is 9.91. The van der Waals surface area contributed by atoms with Gasteiger partial charge >= 0.3 is 35.5 Å². The van der Waals surface area contributed by atoms with Gasteiger partial charge in [-0.1, -0.05) is 0 Å². The van der Waals surface area contributed by atoms with Crippen LogP contribution in [0.3, 0.4) is 0 Å². The smallest absolute Gasteiger partial charge is 1.00 e. The van der Waals surface area contributed by atoms with Crippen molar-refractivity contribution >= 4 is 5.97 Å². The van der Waals surface area contributed by atoms with Gasteiger partial charge in [-0.2, -0.15) is 0 Å². The second kappa shape index (κ2) is 8.39. The molecule has 0 bridgehead atoms. The first-order valence-electron chi connectivity index (χ1n) is 2.37. The van der Waals surface area contributed by atoms with Gasteiger partial charge in [-0.3, -0.25) is 4.79 Å². The van der Waals surface area contributed by atoms with E-state index in [0.717, 1.165) is 0 Å². The Labute approximate surface area is 77.7 Å². The number of hydrogen-bond donors (Lipinski definition) is 2. The van der Waals surface area contributed by atoms with E-state index in [4.69, 9.17) is 11.5 Å². The number of hydrogen-bond acceptors (Lipinski definition) is 4. The average molecular weight is 142 g/mol. The van der Waals surface area contributed by atoms with Crippen LogP contribution in [0.4, 0.5) is 0 Å². The predicted molar refractivity (Wildman–Crippen MR) is 30.2 cm³/mol. The van der Waals surface area contributed by atoms with E-state index in [-0.39, 0.29) is 44.1 Å². The van der Waals surface area contributed by atoms with Crippen molar-refractivity contribution in [1.82, 2.24) is 0 Å². The minimum absolute atomic E-state index is 0. The van der Waals surface area contributed by atoms with E-state index in [0.29, 0.717) is 6.54 Å². The minimum Gasteiger partial charge on any atom is -1.00 e. The van der Waals surface area contributed by atoms with E-state index in [1.165, 1.54) is 0 Å². The van der Waals surface area contributed by atoms with Gasteiger partial charge in [0.05, 0.1) is 6.54 Å². The summed E-state index contributed by atoms with van der Waals surface area (Å²) in [5.74, 6) is -0.407. The first-order valence-corrected chi connectivity index (χ1v) is 2.37. The number of carbonyl (C=O) groups excluding carboxylic acids is 1. The molecular weight excluding hydrogens is 131 g/mol. The van der Waals surface area contributed by atoms with Crippen LogP contribution in [0, 0.1) is 0 Å². The Morgan fingerprint density at radius 3 is 2.44 bits per heavy atom. The Hall–Kier alpha value is 0.390. The topological polar surface area (TPSA) is 78.3 Å². The molecule has 4 nitrogen and oxygen atoms in total. The van der Waals surface area contributed by atoms with Crippen LogP contribution in [0.15, 0.2) is 0 Å². The number of rotatable bonds is 3. The monoisotopic (exact) mass is 142 g/mol. The summed E-state index contributed by atoms with van der Waals surface area (Å²) in [4.78, 5) is 10.2. The van der Waals surface area contributed by atoms with E-state index in [1.807, 2.05) is 0 Å². The average Bonchev–Trinajstić information content (AvgIpc) is 1.83. The maximum absolute atomic E-state index is 10.2. The first-order chi connectivity index (χ1) is 3.81. The molecule has 0 radical (unpaired) electrons. The summed E-state index contributed by atoms with van der Waals surface area (Å²) in [7, 11) is 0. The molecule has 0 aromatic carbocycles. The van der Waals surface area contributed by atoms with Crippen LogP contribution in [0.1, 0.15) is 1.43 Å². The van der Waals surface area contributed by atoms with Gasteiger partial charge in [0.2, 0.25) is 0 Å². The van der Waals surface area contributed by atoms with Crippen LogP contribution < -0.4 is 41.0 Å². The predicted octanol–water partition coefficient (Wildman–Crippen LogP) is -4.44. The number of ether oxygens (including phenoxy) is 1. The van der Waals surface area contributed by atoms with Gasteiger partial charge in [0.25, 0.3) is 0 Å². The van der Waals surface area contributed by atoms with Crippen molar-refractivity contribution in [2.24, 2.45) is 11.5 Å². The van der Waals surface area contributed by atoms with E-state index in [9.17, 15) is 4.79 Å². The van der Waals surface area contributed by atoms with Gasteiger partial charge in [-0.25, -0.2) is 0 Å². The molecule has 0 fully saturated rings. The second-order valence-corrected chi connectivity index (χ2v) is 1.21. The van der Waals surface area contributed by atoms with Gasteiger partial charge in [-0.05, 0) is 0 Å². The Bertz CT molecular complexity index is 83.7. The third kappa shape index (κ3) is 8.39. The Kier molecular flexibility index (Phi) is 11.3. The van der Waals surface area contributed by atoms with Crippen LogP contribution in [0.5, 0.6) is 0 Å². The molecule has 5 heteroatoms. The largest absolute Gasteiger partial charge is 1.00 e. The molecule has 0 aromatic heterocycles. The van der Waals surface area contributed by atoms with E-state index >= 15 is 0 Å². The van der Waals surface area contributed by atoms with Crippen molar-refractivity contribution in [3.05, 3.63) is 0 Å². The summed E-state index contributed by atoms with van der Waals surface area (Å²) < 4.78 is 4.45. The SMILES string of the molecule is NCCOC(=O)CN.[H-].[Na+]. The van der Waals surface area contributed by atoms with Crippen LogP contribution in [-0.4, -0.2) is 25.7 Å². The molecule has 0 aromatic rings. The van der Waals surface area contributed by atoms with Crippen molar-refractivity contribution in [1.29, 1.82) is 0 Å². The molecule has 0 saturated carbocycles. The zero-order valence-electron chi connectivity index (χ0n) is 6.59. The molecule has 4 N–H and O–H groups in total. The first kappa shape index (κ1) is 12.1. The summed E-state index contributed by atoms with van der Waals surface area (Å²) in [6.07, 6.45) is 0. The van der Waals surface area contributed by atoms with Gasteiger partial charge < -0.3 is 17.6 Å². The van der Waals surface area contributed by atoms with Crippen LogP contribution in [-0.2, 0) is 9.53 Å². The van der Waals surface area contributed by atoms with Crippen LogP contribution in [0.25, 0.3) is 0 Å². The van der Waals surface area contributed by atoms with Crippen molar-refractivity contribution in [2.45, 2.75) is 0 Å². The zero-order valence-corrected chi connectivity index (χ0v) is 7.59. The normalized spacial score (nSPS) is 7.78. The number of nitrogens with two attached hydrogens (primary N) is 2. The standard InChI is InChI=1S/C4H10N2O2.Na.H/c5-1-2-8-4(7)3-6;;/h1-3,5-6H2;;/q;+1;-1. The number of esters is 1. The zero-order chi connectivity index (χ0) is 6.41. The van der Waals surface area contributed by atoms with Crippen molar-refractivity contribution in [3.8, 4) is 0 Å². The van der Waals surface area contributed by atoms with Gasteiger partial charge in [0.1, 0.15) is 6.61 Å². The molecule has 9 heavy (non-hydrogen) atoms. The van der Waals surface area contributed by atoms with Crippen LogP contribution in [0.2, 0.25) is 0 Å². The fourth-order valence-corrected chi connectivity index (χ4v) is 0.232. The fourth-order valence-electron chi connectivity index (χ4n) is 0.232. The maximum Gasteiger partial charge on any atom is 1.00 e. The minimum atomic E-state index is -0.407. The quantitative estimate of drug-likeness (QED) is 0.308. The summed E-state index contributed by atoms with van der Waals surface area (Å²) >= 11 is 0. The molecule has 0 atom stereocenters. The van der Waals surface area contributed by atoms with Gasteiger partial charge in [0.15, 0.2) is 0 Å². The van der Waals surface area contributed by atoms with Crippen molar-refractivity contribution < 1.29 is 40.5 Å². The summed E-state index contributed by atoms with van der Waals surface area (Å²) in [5, 5.41) is 0. The Morgan fingerprint density at radius 1 is 1.56 bits per heavy atom. The van der Waals surface area contributed by atoms with Crippen LogP contribution >= 0.6 is 0 Å². The molecule has 0 aliphatic heterocycles. The molecule has 50 valence electrons. The third-order valence-corrected chi connectivity index (χ3v) is 0.548. The second-order valence-electron chi connectivity index (χ2n) is 1.21. The molecular formula is C4H11N2NaO2. The maximum atomic E-state index is 10.2. The molecule has 0 amide bonds. The summed E-state index contributed by atoms with van der Waals surface area (Å²) in [6.45, 7) is 0.543. The fraction of sp³-hybridized carbons (Fsp3) is 0.750. The van der Waals surface area contributed by atoms with Crippen molar-refractivity contribution in [3.63, 3.8) is 0 Å². The van der Waals surface area contributed by atoms with Gasteiger partial charge in [0, 0.05) is 6.54 Å².